The molecule has 28 heavy (non-hydrogen) atoms. The summed E-state index contributed by atoms with van der Waals surface area (Å²) in [5, 5.41) is 5.45. The van der Waals surface area contributed by atoms with Gasteiger partial charge in [0.15, 0.2) is 5.65 Å². The average molecular weight is 378 g/mol. The molecule has 6 nitrogen and oxygen atoms in total. The van der Waals surface area contributed by atoms with Crippen molar-refractivity contribution in [1.29, 1.82) is 0 Å². The second kappa shape index (κ2) is 8.33. The first-order valence-electron chi connectivity index (χ1n) is 9.62. The Kier molecular flexibility index (Phi) is 5.87. The first-order valence-corrected chi connectivity index (χ1v) is 9.62. The normalized spacial score (nSPS) is 11.6. The van der Waals surface area contributed by atoms with Crippen LogP contribution in [-0.4, -0.2) is 32.3 Å². The monoisotopic (exact) mass is 378 g/mol. The lowest BCUT2D eigenvalue weighted by Crippen LogP contribution is -2.05. The molecule has 0 saturated heterocycles. The van der Waals surface area contributed by atoms with E-state index < -0.39 is 0 Å². The average Bonchev–Trinajstić information content (AvgIpc) is 3.08. The van der Waals surface area contributed by atoms with Crippen molar-refractivity contribution in [2.75, 3.05) is 6.61 Å². The molecule has 6 heteroatoms. The molecule has 0 aromatic carbocycles. The second-order valence-electron chi connectivity index (χ2n) is 6.97. The third-order valence-electron chi connectivity index (χ3n) is 4.54. The molecule has 3 aromatic heterocycles. The molecule has 0 aliphatic rings. The smallest absolute Gasteiger partial charge is 0.330 e. The Labute approximate surface area is 165 Å². The molecule has 146 valence electrons. The molecule has 0 aliphatic carbocycles. The van der Waals surface area contributed by atoms with Crippen LogP contribution in [-0.2, 0) is 16.1 Å². The fourth-order valence-corrected chi connectivity index (χ4v) is 3.31. The van der Waals surface area contributed by atoms with E-state index in [9.17, 15) is 4.79 Å². The van der Waals surface area contributed by atoms with Crippen molar-refractivity contribution in [2.45, 2.75) is 47.1 Å². The van der Waals surface area contributed by atoms with E-state index in [0.29, 0.717) is 6.61 Å². The topological polar surface area (TPSA) is 69.9 Å². The molecule has 3 heterocycles. The van der Waals surface area contributed by atoms with Gasteiger partial charge in [0, 0.05) is 47.1 Å². The summed E-state index contributed by atoms with van der Waals surface area (Å²) in [6.07, 6.45) is 8.79. The van der Waals surface area contributed by atoms with Gasteiger partial charge in [0.05, 0.1) is 18.5 Å². The Morgan fingerprint density at radius 3 is 2.68 bits per heavy atom. The Balaban J connectivity index is 2.35. The number of pyridine rings is 2. The van der Waals surface area contributed by atoms with E-state index >= 15 is 0 Å². The number of carbonyl (C=O) groups is 1. The van der Waals surface area contributed by atoms with Crippen molar-refractivity contribution in [3.8, 4) is 11.1 Å². The lowest BCUT2D eigenvalue weighted by molar-refractivity contribution is -0.137. The molecule has 3 aromatic rings. The first-order chi connectivity index (χ1) is 13.5. The van der Waals surface area contributed by atoms with E-state index in [1.807, 2.05) is 37.1 Å². The number of nitrogens with zero attached hydrogens (tertiary/aromatic N) is 4. The molecular formula is C22H26N4O2. The minimum atomic E-state index is -0.366. The van der Waals surface area contributed by atoms with Crippen LogP contribution in [0.25, 0.3) is 28.2 Å². The third kappa shape index (κ3) is 3.81. The lowest BCUT2D eigenvalue weighted by Gasteiger charge is -2.16. The highest BCUT2D eigenvalue weighted by atomic mass is 16.5. The van der Waals surface area contributed by atoms with Gasteiger partial charge in [-0.3, -0.25) is 4.98 Å². The van der Waals surface area contributed by atoms with Crippen LogP contribution in [0.1, 0.15) is 50.4 Å². The highest BCUT2D eigenvalue weighted by molar-refractivity contribution is 5.99. The Hall–Kier alpha value is -3.02. The maximum Gasteiger partial charge on any atom is 0.330 e. The quantitative estimate of drug-likeness (QED) is 0.466. The van der Waals surface area contributed by atoms with Gasteiger partial charge in [-0.25, -0.2) is 14.5 Å². The van der Waals surface area contributed by atoms with E-state index in [1.165, 1.54) is 6.08 Å². The van der Waals surface area contributed by atoms with Crippen LogP contribution >= 0.6 is 0 Å². The number of esters is 1. The Bertz CT molecular complexity index is 1030. The summed E-state index contributed by atoms with van der Waals surface area (Å²) in [6.45, 7) is 11.1. The number of ether oxygens (including phenoxy) is 1. The predicted octanol–water partition coefficient (Wildman–Crippen LogP) is 4.52. The largest absolute Gasteiger partial charge is 0.463 e. The summed E-state index contributed by atoms with van der Waals surface area (Å²) in [4.78, 5) is 21.2. The summed E-state index contributed by atoms with van der Waals surface area (Å²) in [5.74, 6) is -0.196. The highest BCUT2D eigenvalue weighted by Crippen LogP contribution is 2.36. The summed E-state index contributed by atoms with van der Waals surface area (Å²) in [5.41, 5.74) is 5.70. The van der Waals surface area contributed by atoms with E-state index in [2.05, 4.69) is 30.0 Å². The van der Waals surface area contributed by atoms with E-state index in [0.717, 1.165) is 45.5 Å². The minimum absolute atomic E-state index is 0.169. The molecule has 0 aliphatic heterocycles. The predicted molar refractivity (Wildman–Crippen MR) is 111 cm³/mol. The van der Waals surface area contributed by atoms with Crippen molar-refractivity contribution < 1.29 is 9.53 Å². The van der Waals surface area contributed by atoms with E-state index in [4.69, 9.17) is 9.72 Å². The molecular weight excluding hydrogens is 352 g/mol. The zero-order valence-corrected chi connectivity index (χ0v) is 17.1. The summed E-state index contributed by atoms with van der Waals surface area (Å²) in [6, 6.07) is 2.09. The highest BCUT2D eigenvalue weighted by Gasteiger charge is 2.20. The molecule has 0 amide bonds. The minimum Gasteiger partial charge on any atom is -0.463 e. The number of hydrogen-bond donors (Lipinski definition) is 0. The molecule has 0 radical (unpaired) electrons. The second-order valence-corrected chi connectivity index (χ2v) is 6.97. The lowest BCUT2D eigenvalue weighted by atomic mass is 9.92. The van der Waals surface area contributed by atoms with Crippen LogP contribution in [0.4, 0.5) is 0 Å². The van der Waals surface area contributed by atoms with Crippen LogP contribution in [0.5, 0.6) is 0 Å². The van der Waals surface area contributed by atoms with Crippen LogP contribution in [0.3, 0.4) is 0 Å². The molecule has 3 rings (SSSR count). The number of rotatable bonds is 6. The maximum atomic E-state index is 12.0. The van der Waals surface area contributed by atoms with Gasteiger partial charge in [-0.2, -0.15) is 5.10 Å². The molecule has 0 bridgehead atoms. The molecule has 0 saturated carbocycles. The number of carbonyl (C=O) groups excluding carboxylic acids is 1. The maximum absolute atomic E-state index is 12.0. The van der Waals surface area contributed by atoms with Gasteiger partial charge in [0.2, 0.25) is 0 Å². The van der Waals surface area contributed by atoms with Crippen molar-refractivity contribution >= 4 is 23.1 Å². The van der Waals surface area contributed by atoms with Crippen molar-refractivity contribution in [1.82, 2.24) is 19.7 Å². The molecule has 0 spiro atoms. The van der Waals surface area contributed by atoms with Crippen LogP contribution < -0.4 is 0 Å². The standard InChI is InChI=1S/C22H26N4O2/c1-6-26-22-18(13-24-26)20(16-10-15(5)11-23-12-16)17(21(25-22)14(3)4)8-9-19(27)28-7-2/h8-14H,6-7H2,1-5H3. The van der Waals surface area contributed by atoms with Crippen LogP contribution in [0.2, 0.25) is 0 Å². The van der Waals surface area contributed by atoms with Gasteiger partial charge in [0.25, 0.3) is 0 Å². The Morgan fingerprint density at radius 2 is 2.04 bits per heavy atom. The van der Waals surface area contributed by atoms with Crippen molar-refractivity contribution in [2.24, 2.45) is 0 Å². The zero-order valence-electron chi connectivity index (χ0n) is 17.1. The van der Waals surface area contributed by atoms with Crippen molar-refractivity contribution in [3.63, 3.8) is 0 Å². The van der Waals surface area contributed by atoms with Crippen molar-refractivity contribution in [3.05, 3.63) is 47.6 Å². The number of hydrogen-bond acceptors (Lipinski definition) is 5. The summed E-state index contributed by atoms with van der Waals surface area (Å²) >= 11 is 0. The van der Waals surface area contributed by atoms with Gasteiger partial charge >= 0.3 is 5.97 Å². The fourth-order valence-electron chi connectivity index (χ4n) is 3.31. The van der Waals surface area contributed by atoms with Crippen LogP contribution in [0.15, 0.2) is 30.7 Å². The van der Waals surface area contributed by atoms with Gasteiger partial charge in [-0.15, -0.1) is 0 Å². The van der Waals surface area contributed by atoms with Gasteiger partial charge in [0.1, 0.15) is 0 Å². The third-order valence-corrected chi connectivity index (χ3v) is 4.54. The molecule has 0 unspecified atom stereocenters. The molecule has 0 atom stereocenters. The SMILES string of the molecule is CCOC(=O)C=Cc1c(C(C)C)nc2c(cnn2CC)c1-c1cncc(C)c1. The molecule has 0 fully saturated rings. The molecule has 0 N–H and O–H groups in total. The van der Waals surface area contributed by atoms with Gasteiger partial charge < -0.3 is 4.74 Å². The fraction of sp³-hybridized carbons (Fsp3) is 0.364. The summed E-state index contributed by atoms with van der Waals surface area (Å²) in [7, 11) is 0. The zero-order chi connectivity index (χ0) is 20.3. The number of aryl methyl sites for hydroxylation is 2. The van der Waals surface area contributed by atoms with Gasteiger partial charge in [-0.1, -0.05) is 13.8 Å². The summed E-state index contributed by atoms with van der Waals surface area (Å²) < 4.78 is 6.96. The number of aromatic nitrogens is 4. The van der Waals surface area contributed by atoms with E-state index in [1.54, 1.807) is 13.0 Å². The van der Waals surface area contributed by atoms with Crippen LogP contribution in [0, 0.1) is 6.92 Å². The van der Waals surface area contributed by atoms with E-state index in [-0.39, 0.29) is 11.9 Å². The first kappa shape index (κ1) is 19.7. The van der Waals surface area contributed by atoms with Gasteiger partial charge in [-0.05, 0) is 44.4 Å². The number of fused-ring (bicyclic) bond motifs is 1. The Morgan fingerprint density at radius 1 is 1.25 bits per heavy atom.